The molecular formula is C26H37NO3. The molecule has 1 unspecified atom stereocenters. The number of carbonyl (C=O) groups is 1. The summed E-state index contributed by atoms with van der Waals surface area (Å²) in [7, 11) is 0. The number of esters is 1. The van der Waals surface area contributed by atoms with E-state index in [0.717, 1.165) is 22.9 Å². The fourth-order valence-corrected chi connectivity index (χ4v) is 4.64. The zero-order chi connectivity index (χ0) is 21.9. The van der Waals surface area contributed by atoms with Crippen LogP contribution in [0.25, 0.3) is 10.8 Å². The quantitative estimate of drug-likeness (QED) is 0.520. The number of nitrogens with zero attached hydrogens (tertiary/aromatic N) is 1. The van der Waals surface area contributed by atoms with Gasteiger partial charge >= 0.3 is 5.97 Å². The van der Waals surface area contributed by atoms with Crippen molar-refractivity contribution < 1.29 is 14.3 Å². The Morgan fingerprint density at radius 1 is 1.17 bits per heavy atom. The number of hydrogen-bond donors (Lipinski definition) is 0. The molecule has 1 heterocycles. The second-order valence-electron chi connectivity index (χ2n) is 10.3. The van der Waals surface area contributed by atoms with Gasteiger partial charge in [0.2, 0.25) is 0 Å². The highest BCUT2D eigenvalue weighted by atomic mass is 16.6. The first kappa shape index (κ1) is 22.7. The molecule has 3 rings (SSSR count). The molecule has 0 bridgehead atoms. The number of benzene rings is 1. The van der Waals surface area contributed by atoms with Crippen molar-refractivity contribution in [2.24, 2.45) is 23.2 Å². The van der Waals surface area contributed by atoms with Crippen LogP contribution < -0.4 is 0 Å². The van der Waals surface area contributed by atoms with Crippen LogP contribution in [0.15, 0.2) is 36.5 Å². The van der Waals surface area contributed by atoms with Gasteiger partial charge in [0, 0.05) is 17.0 Å². The lowest BCUT2D eigenvalue weighted by molar-refractivity contribution is -0.165. The fraction of sp³-hybridized carbons (Fsp3) is 0.615. The van der Waals surface area contributed by atoms with E-state index in [9.17, 15) is 4.79 Å². The minimum atomic E-state index is -0.439. The largest absolute Gasteiger partial charge is 0.454 e. The van der Waals surface area contributed by atoms with Crippen LogP contribution in [0, 0.1) is 23.2 Å². The van der Waals surface area contributed by atoms with Gasteiger partial charge in [0.15, 0.2) is 0 Å². The molecule has 1 aliphatic rings. The Bertz CT molecular complexity index is 849. The molecule has 1 aromatic carbocycles. The summed E-state index contributed by atoms with van der Waals surface area (Å²) >= 11 is 0. The standard InChI is InChI=1S/C26H37NO3/c1-17(2)20-12-11-18(3)15-22(20)29-16-23(28)30-25(26(4,5)6)24-21-10-8-7-9-19(21)13-14-27-24/h7-10,13-14,17-18,20,22,25H,11-12,15-16H2,1-6H3/t18-,20+,22-,25?/m0/s1. The Kier molecular flexibility index (Phi) is 7.18. The third-order valence-electron chi connectivity index (χ3n) is 6.37. The van der Waals surface area contributed by atoms with Crippen LogP contribution in [-0.2, 0) is 14.3 Å². The SMILES string of the molecule is CC(C)[C@H]1CC[C@H](C)C[C@@H]1OCC(=O)OC(c1nccc2ccccc12)C(C)(C)C. The molecule has 2 aromatic rings. The van der Waals surface area contributed by atoms with Crippen molar-refractivity contribution in [2.45, 2.75) is 73.0 Å². The van der Waals surface area contributed by atoms with Crippen LogP contribution in [0.3, 0.4) is 0 Å². The van der Waals surface area contributed by atoms with Gasteiger partial charge in [0.05, 0.1) is 11.8 Å². The molecule has 0 N–H and O–H groups in total. The predicted octanol–water partition coefficient (Wildman–Crippen LogP) is 6.34. The Labute approximate surface area is 181 Å². The van der Waals surface area contributed by atoms with Gasteiger partial charge in [-0.15, -0.1) is 0 Å². The van der Waals surface area contributed by atoms with Gasteiger partial charge in [0.1, 0.15) is 12.7 Å². The lowest BCUT2D eigenvalue weighted by atomic mass is 9.75. The normalized spacial score (nSPS) is 23.5. The molecule has 1 saturated carbocycles. The van der Waals surface area contributed by atoms with Crippen molar-refractivity contribution in [3.8, 4) is 0 Å². The molecule has 0 spiro atoms. The molecule has 1 fully saturated rings. The number of hydrogen-bond acceptors (Lipinski definition) is 4. The molecule has 0 radical (unpaired) electrons. The molecule has 0 amide bonds. The van der Waals surface area contributed by atoms with Crippen LogP contribution >= 0.6 is 0 Å². The zero-order valence-electron chi connectivity index (χ0n) is 19.4. The maximum absolute atomic E-state index is 12.8. The van der Waals surface area contributed by atoms with E-state index >= 15 is 0 Å². The number of carbonyl (C=O) groups excluding carboxylic acids is 1. The van der Waals surface area contributed by atoms with Crippen molar-refractivity contribution in [1.82, 2.24) is 4.98 Å². The van der Waals surface area contributed by atoms with Gasteiger partial charge in [-0.1, -0.05) is 72.2 Å². The Hall–Kier alpha value is -1.94. The maximum atomic E-state index is 12.8. The smallest absolute Gasteiger partial charge is 0.332 e. The summed E-state index contributed by atoms with van der Waals surface area (Å²) in [6, 6.07) is 10.1. The summed E-state index contributed by atoms with van der Waals surface area (Å²) in [5.41, 5.74) is 0.521. The monoisotopic (exact) mass is 411 g/mol. The summed E-state index contributed by atoms with van der Waals surface area (Å²) < 4.78 is 12.1. The first-order valence-electron chi connectivity index (χ1n) is 11.3. The van der Waals surface area contributed by atoms with E-state index in [4.69, 9.17) is 9.47 Å². The van der Waals surface area contributed by atoms with Crippen molar-refractivity contribution in [2.75, 3.05) is 6.61 Å². The summed E-state index contributed by atoms with van der Waals surface area (Å²) in [4.78, 5) is 17.4. The highest BCUT2D eigenvalue weighted by Gasteiger charge is 2.34. The van der Waals surface area contributed by atoms with E-state index in [1.54, 1.807) is 6.20 Å². The average Bonchev–Trinajstić information content (AvgIpc) is 2.69. The van der Waals surface area contributed by atoms with Crippen LogP contribution in [0.5, 0.6) is 0 Å². The summed E-state index contributed by atoms with van der Waals surface area (Å²) in [6.07, 6.45) is 4.91. The van der Waals surface area contributed by atoms with Crippen molar-refractivity contribution >= 4 is 16.7 Å². The molecule has 0 saturated heterocycles. The Morgan fingerprint density at radius 2 is 1.90 bits per heavy atom. The topological polar surface area (TPSA) is 48.4 Å². The average molecular weight is 412 g/mol. The molecule has 4 heteroatoms. The van der Waals surface area contributed by atoms with Crippen LogP contribution in [0.1, 0.15) is 72.6 Å². The van der Waals surface area contributed by atoms with Crippen LogP contribution in [0.2, 0.25) is 0 Å². The minimum absolute atomic E-state index is 0.00203. The highest BCUT2D eigenvalue weighted by Crippen LogP contribution is 2.39. The lowest BCUT2D eigenvalue weighted by Crippen LogP contribution is -2.36. The second kappa shape index (κ2) is 9.47. The van der Waals surface area contributed by atoms with Crippen LogP contribution in [0.4, 0.5) is 0 Å². The van der Waals surface area contributed by atoms with Crippen molar-refractivity contribution in [1.29, 1.82) is 0 Å². The molecule has 4 atom stereocenters. The maximum Gasteiger partial charge on any atom is 0.332 e. The highest BCUT2D eigenvalue weighted by molar-refractivity contribution is 5.85. The van der Waals surface area contributed by atoms with Gasteiger partial charge in [-0.3, -0.25) is 4.98 Å². The van der Waals surface area contributed by atoms with Crippen molar-refractivity contribution in [3.63, 3.8) is 0 Å². The molecule has 164 valence electrons. The molecular weight excluding hydrogens is 374 g/mol. The van der Waals surface area contributed by atoms with Gasteiger partial charge in [-0.25, -0.2) is 4.79 Å². The number of ether oxygens (including phenoxy) is 2. The van der Waals surface area contributed by atoms with E-state index in [1.807, 2.05) is 24.3 Å². The first-order chi connectivity index (χ1) is 14.2. The molecule has 1 aliphatic carbocycles. The predicted molar refractivity (Wildman–Crippen MR) is 121 cm³/mol. The van der Waals surface area contributed by atoms with E-state index in [2.05, 4.69) is 52.6 Å². The van der Waals surface area contributed by atoms with Gasteiger partial charge in [-0.05, 0) is 42.0 Å². The number of fused-ring (bicyclic) bond motifs is 1. The second-order valence-corrected chi connectivity index (χ2v) is 10.3. The van der Waals surface area contributed by atoms with Gasteiger partial charge < -0.3 is 9.47 Å². The molecule has 0 aliphatic heterocycles. The zero-order valence-corrected chi connectivity index (χ0v) is 19.4. The minimum Gasteiger partial charge on any atom is -0.454 e. The molecule has 1 aromatic heterocycles. The first-order valence-corrected chi connectivity index (χ1v) is 11.3. The summed E-state index contributed by atoms with van der Waals surface area (Å²) in [6.45, 7) is 13.0. The Balaban J connectivity index is 1.73. The third kappa shape index (κ3) is 5.40. The van der Waals surface area contributed by atoms with Gasteiger partial charge in [0.25, 0.3) is 0 Å². The van der Waals surface area contributed by atoms with E-state index < -0.39 is 6.10 Å². The van der Waals surface area contributed by atoms with Crippen LogP contribution in [-0.4, -0.2) is 23.7 Å². The third-order valence-corrected chi connectivity index (χ3v) is 6.37. The number of rotatable bonds is 6. The molecule has 30 heavy (non-hydrogen) atoms. The van der Waals surface area contributed by atoms with Crippen molar-refractivity contribution in [3.05, 3.63) is 42.2 Å². The summed E-state index contributed by atoms with van der Waals surface area (Å²) in [5.74, 6) is 1.39. The number of pyridine rings is 1. The molecule has 4 nitrogen and oxygen atoms in total. The summed E-state index contributed by atoms with van der Waals surface area (Å²) in [5, 5.41) is 2.12. The Morgan fingerprint density at radius 3 is 2.60 bits per heavy atom. The number of aromatic nitrogens is 1. The van der Waals surface area contributed by atoms with E-state index in [0.29, 0.717) is 17.8 Å². The van der Waals surface area contributed by atoms with E-state index in [-0.39, 0.29) is 24.1 Å². The van der Waals surface area contributed by atoms with Gasteiger partial charge in [-0.2, -0.15) is 0 Å². The van der Waals surface area contributed by atoms with E-state index in [1.165, 1.54) is 12.8 Å². The lowest BCUT2D eigenvalue weighted by Gasteiger charge is -2.37. The fourth-order valence-electron chi connectivity index (χ4n) is 4.64.